The normalized spacial score (nSPS) is 9.64. The molecule has 0 amide bonds. The number of hydrogen-bond donors (Lipinski definition) is 1. The highest BCUT2D eigenvalue weighted by atomic mass is 19.1. The highest BCUT2D eigenvalue weighted by molar-refractivity contribution is 5.75. The summed E-state index contributed by atoms with van der Waals surface area (Å²) in [4.78, 5) is 10.2. The van der Waals surface area contributed by atoms with Gasteiger partial charge in [0, 0.05) is 0 Å². The molecule has 1 aromatic carbocycles. The Balaban J connectivity index is 3.12. The molecule has 0 heterocycles. The quantitative estimate of drug-likeness (QED) is 0.648. The summed E-state index contributed by atoms with van der Waals surface area (Å²) in [5.41, 5.74) is 0.519. The molecule has 0 aliphatic rings. The van der Waals surface area contributed by atoms with Gasteiger partial charge in [0.2, 0.25) is 0 Å². The van der Waals surface area contributed by atoms with Crippen molar-refractivity contribution < 1.29 is 14.3 Å². The number of carbonyl (C=O) groups is 1. The Morgan fingerprint density at radius 2 is 2.27 bits per heavy atom. The van der Waals surface area contributed by atoms with Crippen molar-refractivity contribution in [1.82, 2.24) is 0 Å². The maximum Gasteiger partial charge on any atom is 0.153 e. The molecule has 0 aromatic heterocycles. The third-order valence-electron chi connectivity index (χ3n) is 1.37. The van der Waals surface area contributed by atoms with Crippen molar-refractivity contribution >= 4 is 6.29 Å². The lowest BCUT2D eigenvalue weighted by molar-refractivity contribution is 0.111. The summed E-state index contributed by atoms with van der Waals surface area (Å²) < 4.78 is 12.6. The molecular formula is C8H7FO2. The lowest BCUT2D eigenvalue weighted by Gasteiger charge is -1.97. The SMILES string of the molecule is O=Cc1cc(CO)ccc1F. The Kier molecular flexibility index (Phi) is 2.33. The fourth-order valence-corrected chi connectivity index (χ4v) is 0.782. The average molecular weight is 154 g/mol. The number of rotatable bonds is 2. The van der Waals surface area contributed by atoms with Gasteiger partial charge in [-0.2, -0.15) is 0 Å². The maximum atomic E-state index is 12.6. The van der Waals surface area contributed by atoms with Crippen LogP contribution in [0.25, 0.3) is 0 Å². The highest BCUT2D eigenvalue weighted by Gasteiger charge is 2.00. The number of carbonyl (C=O) groups excluding carboxylic acids is 1. The van der Waals surface area contributed by atoms with E-state index in [4.69, 9.17) is 5.11 Å². The van der Waals surface area contributed by atoms with Crippen molar-refractivity contribution in [3.05, 3.63) is 35.1 Å². The Hall–Kier alpha value is -1.22. The second-order valence-electron chi connectivity index (χ2n) is 2.13. The number of aldehydes is 1. The molecule has 2 nitrogen and oxygen atoms in total. The van der Waals surface area contributed by atoms with Crippen molar-refractivity contribution in [3.63, 3.8) is 0 Å². The second-order valence-corrected chi connectivity index (χ2v) is 2.13. The van der Waals surface area contributed by atoms with Crippen molar-refractivity contribution in [3.8, 4) is 0 Å². The molecular weight excluding hydrogens is 147 g/mol. The van der Waals surface area contributed by atoms with Crippen LogP contribution in [-0.2, 0) is 6.61 Å². The van der Waals surface area contributed by atoms with Gasteiger partial charge in [0.15, 0.2) is 6.29 Å². The van der Waals surface area contributed by atoms with E-state index in [9.17, 15) is 9.18 Å². The van der Waals surface area contributed by atoms with E-state index in [2.05, 4.69) is 0 Å². The minimum absolute atomic E-state index is 0.0171. The molecule has 1 rings (SSSR count). The fourth-order valence-electron chi connectivity index (χ4n) is 0.782. The van der Waals surface area contributed by atoms with Crippen LogP contribution >= 0.6 is 0 Å². The van der Waals surface area contributed by atoms with Gasteiger partial charge in [-0.05, 0) is 17.7 Å². The van der Waals surface area contributed by atoms with Crippen molar-refractivity contribution in [1.29, 1.82) is 0 Å². The number of hydrogen-bond acceptors (Lipinski definition) is 2. The first-order valence-electron chi connectivity index (χ1n) is 3.12. The van der Waals surface area contributed by atoms with E-state index in [0.29, 0.717) is 11.8 Å². The summed E-state index contributed by atoms with van der Waals surface area (Å²) in [6, 6.07) is 3.92. The van der Waals surface area contributed by atoms with Gasteiger partial charge in [0.05, 0.1) is 12.2 Å². The molecule has 11 heavy (non-hydrogen) atoms. The fraction of sp³-hybridized carbons (Fsp3) is 0.125. The van der Waals surface area contributed by atoms with Crippen molar-refractivity contribution in [2.24, 2.45) is 0 Å². The van der Waals surface area contributed by atoms with E-state index in [-0.39, 0.29) is 12.2 Å². The van der Waals surface area contributed by atoms with Crippen LogP contribution in [0.3, 0.4) is 0 Å². The minimum Gasteiger partial charge on any atom is -0.392 e. The van der Waals surface area contributed by atoms with Crippen LogP contribution in [0, 0.1) is 5.82 Å². The molecule has 0 spiro atoms. The van der Waals surface area contributed by atoms with Crippen molar-refractivity contribution in [2.45, 2.75) is 6.61 Å². The smallest absolute Gasteiger partial charge is 0.153 e. The lowest BCUT2D eigenvalue weighted by Crippen LogP contribution is -1.90. The number of aliphatic hydroxyl groups is 1. The van der Waals surface area contributed by atoms with Crippen LogP contribution in [0.5, 0.6) is 0 Å². The Labute approximate surface area is 63.3 Å². The predicted molar refractivity (Wildman–Crippen MR) is 37.7 cm³/mol. The zero-order valence-corrected chi connectivity index (χ0v) is 5.75. The molecule has 0 radical (unpaired) electrons. The molecule has 0 aliphatic carbocycles. The zero-order chi connectivity index (χ0) is 8.27. The van der Waals surface area contributed by atoms with Gasteiger partial charge in [0.25, 0.3) is 0 Å². The van der Waals surface area contributed by atoms with E-state index in [1.54, 1.807) is 0 Å². The minimum atomic E-state index is -0.558. The molecule has 1 N–H and O–H groups in total. The first-order chi connectivity index (χ1) is 5.27. The van der Waals surface area contributed by atoms with Gasteiger partial charge in [-0.25, -0.2) is 4.39 Å². The third kappa shape index (κ3) is 1.62. The molecule has 0 saturated heterocycles. The predicted octanol–water partition coefficient (Wildman–Crippen LogP) is 1.13. The topological polar surface area (TPSA) is 37.3 Å². The Morgan fingerprint density at radius 3 is 2.82 bits per heavy atom. The van der Waals surface area contributed by atoms with Crippen LogP contribution in [0.1, 0.15) is 15.9 Å². The second kappa shape index (κ2) is 3.25. The van der Waals surface area contributed by atoms with E-state index < -0.39 is 5.82 Å². The van der Waals surface area contributed by atoms with Crippen LogP contribution in [0.2, 0.25) is 0 Å². The lowest BCUT2D eigenvalue weighted by atomic mass is 10.1. The molecule has 0 fully saturated rings. The zero-order valence-electron chi connectivity index (χ0n) is 5.75. The molecule has 0 bridgehead atoms. The standard InChI is InChI=1S/C8H7FO2/c9-8-2-1-6(4-10)3-7(8)5-11/h1-3,5,10H,4H2. The van der Waals surface area contributed by atoms with Gasteiger partial charge < -0.3 is 5.11 Å². The van der Waals surface area contributed by atoms with E-state index in [1.807, 2.05) is 0 Å². The summed E-state index contributed by atoms with van der Waals surface area (Å²) in [5, 5.41) is 8.61. The molecule has 3 heteroatoms. The highest BCUT2D eigenvalue weighted by Crippen LogP contribution is 2.07. The van der Waals surface area contributed by atoms with Crippen molar-refractivity contribution in [2.75, 3.05) is 0 Å². The molecule has 0 aliphatic heterocycles. The molecule has 1 aromatic rings. The van der Waals surface area contributed by atoms with Crippen LogP contribution in [-0.4, -0.2) is 11.4 Å². The summed E-state index contributed by atoms with van der Waals surface area (Å²) >= 11 is 0. The van der Waals surface area contributed by atoms with Crippen LogP contribution in [0.15, 0.2) is 18.2 Å². The average Bonchev–Trinajstić information content (AvgIpc) is 2.05. The maximum absolute atomic E-state index is 12.6. The summed E-state index contributed by atoms with van der Waals surface area (Å²) in [7, 11) is 0. The number of halogens is 1. The first kappa shape index (κ1) is 7.88. The van der Waals surface area contributed by atoms with Gasteiger partial charge in [-0.3, -0.25) is 4.79 Å². The first-order valence-corrected chi connectivity index (χ1v) is 3.12. The van der Waals surface area contributed by atoms with Gasteiger partial charge in [-0.15, -0.1) is 0 Å². The molecule has 58 valence electrons. The molecule has 0 unspecified atom stereocenters. The Bertz CT molecular complexity index is 271. The summed E-state index contributed by atoms with van der Waals surface area (Å²) in [6.45, 7) is -0.179. The Morgan fingerprint density at radius 1 is 1.55 bits per heavy atom. The van der Waals surface area contributed by atoms with E-state index >= 15 is 0 Å². The van der Waals surface area contributed by atoms with E-state index in [1.165, 1.54) is 12.1 Å². The molecule has 0 atom stereocenters. The van der Waals surface area contributed by atoms with Gasteiger partial charge in [0.1, 0.15) is 5.82 Å². The van der Waals surface area contributed by atoms with E-state index in [0.717, 1.165) is 6.07 Å². The van der Waals surface area contributed by atoms with Gasteiger partial charge >= 0.3 is 0 Å². The largest absolute Gasteiger partial charge is 0.392 e. The van der Waals surface area contributed by atoms with Gasteiger partial charge in [-0.1, -0.05) is 6.07 Å². The third-order valence-corrected chi connectivity index (χ3v) is 1.37. The van der Waals surface area contributed by atoms with Crippen LogP contribution < -0.4 is 0 Å². The van der Waals surface area contributed by atoms with Crippen LogP contribution in [0.4, 0.5) is 4.39 Å². The molecule has 0 saturated carbocycles. The number of aliphatic hydroxyl groups excluding tert-OH is 1. The summed E-state index contributed by atoms with van der Waals surface area (Å²) in [6.07, 6.45) is 0.425. The number of benzene rings is 1. The summed E-state index contributed by atoms with van der Waals surface area (Å²) in [5.74, 6) is -0.558. The monoisotopic (exact) mass is 154 g/mol.